The second-order valence-electron chi connectivity index (χ2n) is 5.81. The van der Waals surface area contributed by atoms with Crippen LogP contribution in [0.5, 0.6) is 5.75 Å². The fourth-order valence-corrected chi connectivity index (χ4v) is 3.05. The number of nitrogens with zero attached hydrogens (tertiary/aromatic N) is 1. The molecule has 0 aliphatic carbocycles. The smallest absolute Gasteiger partial charge is 0.269 e. The van der Waals surface area contributed by atoms with Crippen molar-refractivity contribution in [2.24, 2.45) is 0 Å². The van der Waals surface area contributed by atoms with Gasteiger partial charge in [0.25, 0.3) is 11.8 Å². The third-order valence-corrected chi connectivity index (χ3v) is 4.40. The van der Waals surface area contributed by atoms with Gasteiger partial charge in [-0.05, 0) is 30.3 Å². The van der Waals surface area contributed by atoms with Gasteiger partial charge in [-0.3, -0.25) is 19.8 Å². The van der Waals surface area contributed by atoms with Crippen LogP contribution in [0.2, 0.25) is 0 Å². The van der Waals surface area contributed by atoms with Gasteiger partial charge in [-0.1, -0.05) is 18.2 Å². The number of hydrazine groups is 1. The molecule has 1 heterocycles. The number of phenols is 1. The Labute approximate surface area is 154 Å². The standard InChI is InChI=1S/C18H16ClN3O4/c1-10(23)20-12-8-6-11(7-9-12)17(25)21-22-16(15(19)18(22)26)13-4-2-3-5-14(13)24/h2-9,15-16,24H,1H3,(H,20,23)(H,21,25)/t15-,16-/m0/s1. The Morgan fingerprint density at radius 2 is 1.77 bits per heavy atom. The Morgan fingerprint density at radius 3 is 2.38 bits per heavy atom. The number of rotatable bonds is 4. The van der Waals surface area contributed by atoms with Crippen molar-refractivity contribution >= 4 is 35.0 Å². The van der Waals surface area contributed by atoms with Crippen LogP contribution < -0.4 is 10.7 Å². The normalized spacial score (nSPS) is 18.8. The molecule has 1 saturated heterocycles. The van der Waals surface area contributed by atoms with E-state index >= 15 is 0 Å². The van der Waals surface area contributed by atoms with Gasteiger partial charge in [0.15, 0.2) is 0 Å². The van der Waals surface area contributed by atoms with Crippen molar-refractivity contribution in [3.05, 3.63) is 59.7 Å². The molecule has 0 spiro atoms. The zero-order chi connectivity index (χ0) is 18.8. The first-order valence-corrected chi connectivity index (χ1v) is 8.26. The highest BCUT2D eigenvalue weighted by Gasteiger charge is 2.49. The van der Waals surface area contributed by atoms with E-state index in [4.69, 9.17) is 11.6 Å². The van der Waals surface area contributed by atoms with Crippen LogP contribution in [0.3, 0.4) is 0 Å². The van der Waals surface area contributed by atoms with Crippen molar-refractivity contribution < 1.29 is 19.5 Å². The number of anilines is 1. The molecule has 0 radical (unpaired) electrons. The number of para-hydroxylation sites is 1. The van der Waals surface area contributed by atoms with Crippen LogP contribution in [0.1, 0.15) is 28.9 Å². The highest BCUT2D eigenvalue weighted by molar-refractivity contribution is 6.33. The second-order valence-corrected chi connectivity index (χ2v) is 6.28. The van der Waals surface area contributed by atoms with Crippen LogP contribution in [0, 0.1) is 0 Å². The minimum Gasteiger partial charge on any atom is -0.508 e. The molecule has 1 fully saturated rings. The Kier molecular flexibility index (Phi) is 4.81. The minimum atomic E-state index is -0.870. The van der Waals surface area contributed by atoms with Gasteiger partial charge in [-0.2, -0.15) is 0 Å². The van der Waals surface area contributed by atoms with Crippen molar-refractivity contribution in [1.29, 1.82) is 0 Å². The van der Waals surface area contributed by atoms with Gasteiger partial charge >= 0.3 is 0 Å². The van der Waals surface area contributed by atoms with Gasteiger partial charge in [0, 0.05) is 23.7 Å². The zero-order valence-corrected chi connectivity index (χ0v) is 14.5. The Morgan fingerprint density at radius 1 is 1.12 bits per heavy atom. The summed E-state index contributed by atoms with van der Waals surface area (Å²) in [6.07, 6.45) is 0. The summed E-state index contributed by atoms with van der Waals surface area (Å²) in [7, 11) is 0. The lowest BCUT2D eigenvalue weighted by Gasteiger charge is -2.44. The summed E-state index contributed by atoms with van der Waals surface area (Å²) in [4.78, 5) is 35.5. The zero-order valence-electron chi connectivity index (χ0n) is 13.8. The van der Waals surface area contributed by atoms with Crippen molar-refractivity contribution in [2.45, 2.75) is 18.3 Å². The summed E-state index contributed by atoms with van der Waals surface area (Å²) in [6.45, 7) is 1.39. The third kappa shape index (κ3) is 3.34. The first-order chi connectivity index (χ1) is 12.4. The van der Waals surface area contributed by atoms with Crippen LogP contribution in [-0.4, -0.2) is 33.2 Å². The van der Waals surface area contributed by atoms with Crippen LogP contribution in [0.4, 0.5) is 5.69 Å². The first kappa shape index (κ1) is 17.8. The van der Waals surface area contributed by atoms with Gasteiger partial charge in [0.1, 0.15) is 17.2 Å². The fraction of sp³-hybridized carbons (Fsp3) is 0.167. The van der Waals surface area contributed by atoms with Gasteiger partial charge in [0.05, 0.1) is 0 Å². The summed E-state index contributed by atoms with van der Waals surface area (Å²) in [6, 6.07) is 12.1. The number of benzene rings is 2. The molecule has 26 heavy (non-hydrogen) atoms. The second kappa shape index (κ2) is 7.05. The average Bonchev–Trinajstić information content (AvgIpc) is 2.62. The van der Waals surface area contributed by atoms with Crippen LogP contribution >= 0.6 is 11.6 Å². The average molecular weight is 374 g/mol. The van der Waals surface area contributed by atoms with Gasteiger partial charge in [0.2, 0.25) is 5.91 Å². The summed E-state index contributed by atoms with van der Waals surface area (Å²) in [5, 5.41) is 12.8. The molecule has 7 nitrogen and oxygen atoms in total. The summed E-state index contributed by atoms with van der Waals surface area (Å²) in [5.41, 5.74) is 3.83. The Hall–Kier alpha value is -3.06. The highest BCUT2D eigenvalue weighted by atomic mass is 35.5. The maximum absolute atomic E-state index is 12.4. The molecule has 134 valence electrons. The van der Waals surface area contributed by atoms with Crippen molar-refractivity contribution in [2.75, 3.05) is 5.32 Å². The minimum absolute atomic E-state index is 0.00504. The molecule has 3 rings (SSSR count). The third-order valence-electron chi connectivity index (χ3n) is 3.97. The number of carbonyl (C=O) groups is 3. The number of β-lactam (4-membered cyclic amide) rings is 1. The molecule has 3 amide bonds. The molecule has 0 saturated carbocycles. The van der Waals surface area contributed by atoms with E-state index in [2.05, 4.69) is 10.7 Å². The Bertz CT molecular complexity index is 869. The number of amides is 3. The van der Waals surface area contributed by atoms with Crippen molar-refractivity contribution in [3.8, 4) is 5.75 Å². The molecule has 1 aliphatic heterocycles. The lowest BCUT2D eigenvalue weighted by atomic mass is 9.94. The van der Waals surface area contributed by atoms with Crippen LogP contribution in [0.25, 0.3) is 0 Å². The van der Waals surface area contributed by atoms with E-state index in [0.29, 0.717) is 16.8 Å². The molecule has 2 atom stereocenters. The van der Waals surface area contributed by atoms with Gasteiger partial charge in [-0.15, -0.1) is 11.6 Å². The molecule has 0 bridgehead atoms. The summed E-state index contributed by atoms with van der Waals surface area (Å²) < 4.78 is 0. The number of aromatic hydroxyl groups is 1. The van der Waals surface area contributed by atoms with Gasteiger partial charge in [-0.25, -0.2) is 5.01 Å². The summed E-state index contributed by atoms with van der Waals surface area (Å²) in [5.74, 6) is -1.18. The molecular formula is C18H16ClN3O4. The topological polar surface area (TPSA) is 98.7 Å². The summed E-state index contributed by atoms with van der Waals surface area (Å²) >= 11 is 6.07. The monoisotopic (exact) mass is 373 g/mol. The van der Waals surface area contributed by atoms with E-state index < -0.39 is 23.2 Å². The van der Waals surface area contributed by atoms with Crippen molar-refractivity contribution in [1.82, 2.24) is 10.4 Å². The van der Waals surface area contributed by atoms with E-state index in [0.717, 1.165) is 5.01 Å². The van der Waals surface area contributed by atoms with E-state index in [-0.39, 0.29) is 11.7 Å². The van der Waals surface area contributed by atoms with E-state index in [1.807, 2.05) is 0 Å². The number of alkyl halides is 1. The van der Waals surface area contributed by atoms with Gasteiger partial charge < -0.3 is 10.4 Å². The fourth-order valence-electron chi connectivity index (χ4n) is 2.69. The number of nitrogens with one attached hydrogen (secondary N) is 2. The first-order valence-electron chi connectivity index (χ1n) is 7.82. The predicted molar refractivity (Wildman–Crippen MR) is 95.5 cm³/mol. The number of carbonyl (C=O) groups excluding carboxylic acids is 3. The number of halogens is 1. The van der Waals surface area contributed by atoms with Crippen molar-refractivity contribution in [3.63, 3.8) is 0 Å². The molecule has 8 heteroatoms. The molecule has 0 aromatic heterocycles. The molecule has 1 aliphatic rings. The van der Waals surface area contributed by atoms with E-state index in [9.17, 15) is 19.5 Å². The number of hydrogen-bond donors (Lipinski definition) is 3. The SMILES string of the molecule is CC(=O)Nc1ccc(C(=O)NN2C(=O)[C@@H](Cl)[C@@H]2c2ccccc2O)cc1. The van der Waals surface area contributed by atoms with E-state index in [1.165, 1.54) is 25.1 Å². The van der Waals surface area contributed by atoms with Crippen LogP contribution in [0.15, 0.2) is 48.5 Å². The predicted octanol–water partition coefficient (Wildman–Crippen LogP) is 2.19. The molecule has 0 unspecified atom stereocenters. The molecule has 2 aromatic rings. The highest BCUT2D eigenvalue weighted by Crippen LogP contribution is 2.40. The van der Waals surface area contributed by atoms with E-state index in [1.54, 1.807) is 30.3 Å². The Balaban J connectivity index is 1.74. The number of phenolic OH excluding ortho intramolecular Hbond substituents is 1. The van der Waals surface area contributed by atoms with Crippen LogP contribution in [-0.2, 0) is 9.59 Å². The maximum Gasteiger partial charge on any atom is 0.269 e. The quantitative estimate of drug-likeness (QED) is 0.565. The largest absolute Gasteiger partial charge is 0.508 e. The lowest BCUT2D eigenvalue weighted by molar-refractivity contribution is -0.149. The molecule has 3 N–H and O–H groups in total. The molecular weight excluding hydrogens is 358 g/mol. The lowest BCUT2D eigenvalue weighted by Crippen LogP contribution is -2.63. The number of hydrogen-bond acceptors (Lipinski definition) is 4. The molecule has 2 aromatic carbocycles. The maximum atomic E-state index is 12.4.